The van der Waals surface area contributed by atoms with E-state index in [1.54, 1.807) is 0 Å². The third-order valence-corrected chi connectivity index (χ3v) is 7.28. The monoisotopic (exact) mass is 414 g/mol. The lowest BCUT2D eigenvalue weighted by Crippen LogP contribution is -2.42. The second-order valence-electron chi connectivity index (χ2n) is 9.28. The zero-order valence-electron chi connectivity index (χ0n) is 18.6. The average Bonchev–Trinajstić information content (AvgIpc) is 3.22. The smallest absolute Gasteiger partial charge is 0.225 e. The second-order valence-corrected chi connectivity index (χ2v) is 9.28. The lowest BCUT2D eigenvalue weighted by molar-refractivity contribution is -0.139. The van der Waals surface area contributed by atoms with Gasteiger partial charge in [0.05, 0.1) is 6.61 Å². The molecule has 0 aromatic heterocycles. The second kappa shape index (κ2) is 10.6. The molecule has 3 aliphatic heterocycles. The van der Waals surface area contributed by atoms with Crippen LogP contribution in [-0.2, 0) is 9.53 Å². The topological polar surface area (TPSA) is 42.0 Å². The summed E-state index contributed by atoms with van der Waals surface area (Å²) in [5.74, 6) is 2.05. The largest absolute Gasteiger partial charge is 0.494 e. The van der Waals surface area contributed by atoms with Crippen LogP contribution in [0.5, 0.6) is 5.75 Å². The molecule has 1 atom stereocenters. The molecule has 3 aliphatic rings. The molecule has 3 saturated heterocycles. The van der Waals surface area contributed by atoms with E-state index < -0.39 is 0 Å². The van der Waals surface area contributed by atoms with Crippen molar-refractivity contribution in [1.82, 2.24) is 9.80 Å². The van der Waals surface area contributed by atoms with Gasteiger partial charge in [-0.15, -0.1) is 0 Å². The molecule has 0 bridgehead atoms. The van der Waals surface area contributed by atoms with E-state index in [1.165, 1.54) is 24.9 Å². The SMILES string of the molecule is C[C@@H]1CCCN1CCCOc1ccc(C2CCN(C(=O)C3CCOCC3)CC2)cc1. The number of piperidine rings is 1. The molecule has 0 spiro atoms. The van der Waals surface area contributed by atoms with Crippen LogP contribution in [0.15, 0.2) is 24.3 Å². The Morgan fingerprint density at radius 3 is 2.43 bits per heavy atom. The summed E-state index contributed by atoms with van der Waals surface area (Å²) < 4.78 is 11.4. The van der Waals surface area contributed by atoms with Gasteiger partial charge in [-0.2, -0.15) is 0 Å². The van der Waals surface area contributed by atoms with Gasteiger partial charge in [0.1, 0.15) is 5.75 Å². The molecule has 30 heavy (non-hydrogen) atoms. The van der Waals surface area contributed by atoms with Gasteiger partial charge in [-0.25, -0.2) is 0 Å². The quantitative estimate of drug-likeness (QED) is 0.631. The normalized spacial score (nSPS) is 24.3. The number of carbonyl (C=O) groups excluding carboxylic acids is 1. The van der Waals surface area contributed by atoms with Gasteiger partial charge in [0.25, 0.3) is 0 Å². The predicted molar refractivity (Wildman–Crippen MR) is 119 cm³/mol. The number of ether oxygens (including phenoxy) is 2. The first-order valence-corrected chi connectivity index (χ1v) is 12.0. The molecule has 3 fully saturated rings. The maximum atomic E-state index is 12.7. The van der Waals surface area contributed by atoms with Crippen molar-refractivity contribution < 1.29 is 14.3 Å². The summed E-state index contributed by atoms with van der Waals surface area (Å²) in [7, 11) is 0. The molecule has 1 aromatic carbocycles. The van der Waals surface area contributed by atoms with Crippen LogP contribution in [0.1, 0.15) is 63.4 Å². The Bertz CT molecular complexity index is 663. The first-order valence-electron chi connectivity index (χ1n) is 12.0. The summed E-state index contributed by atoms with van der Waals surface area (Å²) in [6, 6.07) is 9.42. The van der Waals surface area contributed by atoms with Crippen molar-refractivity contribution in [3.63, 3.8) is 0 Å². The number of rotatable bonds is 7. The van der Waals surface area contributed by atoms with Gasteiger partial charge >= 0.3 is 0 Å². The van der Waals surface area contributed by atoms with Gasteiger partial charge in [0.2, 0.25) is 5.91 Å². The molecular formula is C25H38N2O3. The summed E-state index contributed by atoms with van der Waals surface area (Å²) in [5.41, 5.74) is 1.38. The fourth-order valence-electron chi connectivity index (χ4n) is 5.25. The minimum Gasteiger partial charge on any atom is -0.494 e. The van der Waals surface area contributed by atoms with Gasteiger partial charge in [-0.3, -0.25) is 4.79 Å². The zero-order valence-corrected chi connectivity index (χ0v) is 18.6. The Hall–Kier alpha value is -1.59. The Morgan fingerprint density at radius 2 is 1.77 bits per heavy atom. The van der Waals surface area contributed by atoms with E-state index in [0.717, 1.165) is 83.4 Å². The van der Waals surface area contributed by atoms with E-state index in [1.807, 2.05) is 0 Å². The van der Waals surface area contributed by atoms with Crippen LogP contribution >= 0.6 is 0 Å². The molecule has 1 aromatic rings. The van der Waals surface area contributed by atoms with Gasteiger partial charge in [0, 0.05) is 44.8 Å². The molecule has 5 nitrogen and oxygen atoms in total. The van der Waals surface area contributed by atoms with Gasteiger partial charge in [-0.05, 0) is 82.0 Å². The molecule has 0 radical (unpaired) electrons. The molecule has 0 aliphatic carbocycles. The van der Waals surface area contributed by atoms with Gasteiger partial charge in [0.15, 0.2) is 0 Å². The van der Waals surface area contributed by atoms with Crippen molar-refractivity contribution in [3.05, 3.63) is 29.8 Å². The summed E-state index contributed by atoms with van der Waals surface area (Å²) in [6.45, 7) is 8.74. The first-order chi connectivity index (χ1) is 14.7. The lowest BCUT2D eigenvalue weighted by atomic mass is 9.88. The Kier molecular flexibility index (Phi) is 7.67. The highest BCUT2D eigenvalue weighted by Gasteiger charge is 2.29. The standard InChI is InChI=1S/C25H38N2O3/c1-20-4-2-13-26(20)14-3-17-30-24-7-5-21(6-8-24)22-9-15-27(16-10-22)25(28)23-11-18-29-19-12-23/h5-8,20,22-23H,2-4,9-19H2,1H3/t20-/m1/s1. The number of nitrogens with zero attached hydrogens (tertiary/aromatic N) is 2. The summed E-state index contributed by atoms with van der Waals surface area (Å²) in [5, 5.41) is 0. The molecule has 0 saturated carbocycles. The molecule has 5 heteroatoms. The highest BCUT2D eigenvalue weighted by atomic mass is 16.5. The van der Waals surface area contributed by atoms with E-state index >= 15 is 0 Å². The van der Waals surface area contributed by atoms with Crippen LogP contribution in [0, 0.1) is 5.92 Å². The van der Waals surface area contributed by atoms with Crippen molar-refractivity contribution in [1.29, 1.82) is 0 Å². The van der Waals surface area contributed by atoms with Crippen LogP contribution in [0.3, 0.4) is 0 Å². The number of likely N-dealkylation sites (tertiary alicyclic amines) is 2. The van der Waals surface area contributed by atoms with E-state index in [4.69, 9.17) is 9.47 Å². The molecule has 1 amide bonds. The van der Waals surface area contributed by atoms with Crippen LogP contribution in [0.2, 0.25) is 0 Å². The molecule has 0 unspecified atom stereocenters. The number of hydrogen-bond donors (Lipinski definition) is 0. The van der Waals surface area contributed by atoms with Crippen molar-refractivity contribution in [3.8, 4) is 5.75 Å². The Morgan fingerprint density at radius 1 is 1.03 bits per heavy atom. The molecular weight excluding hydrogens is 376 g/mol. The minimum atomic E-state index is 0.181. The van der Waals surface area contributed by atoms with Gasteiger partial charge in [-0.1, -0.05) is 12.1 Å². The van der Waals surface area contributed by atoms with Crippen LogP contribution in [-0.4, -0.2) is 67.7 Å². The third-order valence-electron chi connectivity index (χ3n) is 7.28. The lowest BCUT2D eigenvalue weighted by Gasteiger charge is -2.35. The van der Waals surface area contributed by atoms with Crippen LogP contribution < -0.4 is 4.74 Å². The van der Waals surface area contributed by atoms with Crippen molar-refractivity contribution in [2.45, 2.75) is 63.8 Å². The number of hydrogen-bond acceptors (Lipinski definition) is 4. The maximum absolute atomic E-state index is 12.7. The highest BCUT2D eigenvalue weighted by molar-refractivity contribution is 5.79. The summed E-state index contributed by atoms with van der Waals surface area (Å²) >= 11 is 0. The molecule has 0 N–H and O–H groups in total. The van der Waals surface area contributed by atoms with Crippen molar-refractivity contribution in [2.75, 3.05) is 46.0 Å². The van der Waals surface area contributed by atoms with Crippen LogP contribution in [0.25, 0.3) is 0 Å². The number of amides is 1. The maximum Gasteiger partial charge on any atom is 0.225 e. The van der Waals surface area contributed by atoms with E-state index in [9.17, 15) is 4.79 Å². The molecule has 3 heterocycles. The van der Waals surface area contributed by atoms with Crippen molar-refractivity contribution >= 4 is 5.91 Å². The number of carbonyl (C=O) groups is 1. The number of benzene rings is 1. The average molecular weight is 415 g/mol. The Labute approximate surface area is 181 Å². The molecule has 166 valence electrons. The minimum absolute atomic E-state index is 0.181. The third kappa shape index (κ3) is 5.55. The van der Waals surface area contributed by atoms with Gasteiger partial charge < -0.3 is 19.3 Å². The van der Waals surface area contributed by atoms with Crippen LogP contribution in [0.4, 0.5) is 0 Å². The summed E-state index contributed by atoms with van der Waals surface area (Å²) in [4.78, 5) is 17.4. The summed E-state index contributed by atoms with van der Waals surface area (Å²) in [6.07, 6.45) is 7.66. The van der Waals surface area contributed by atoms with Crippen molar-refractivity contribution in [2.24, 2.45) is 5.92 Å². The highest BCUT2D eigenvalue weighted by Crippen LogP contribution is 2.30. The molecule has 4 rings (SSSR count). The van der Waals surface area contributed by atoms with E-state index in [-0.39, 0.29) is 5.92 Å². The van der Waals surface area contributed by atoms with E-state index in [2.05, 4.69) is 41.0 Å². The Balaban J connectivity index is 1.18. The zero-order chi connectivity index (χ0) is 20.8. The first kappa shape index (κ1) is 21.6. The fourth-order valence-corrected chi connectivity index (χ4v) is 5.25. The fraction of sp³-hybridized carbons (Fsp3) is 0.720. The van der Waals surface area contributed by atoms with E-state index in [0.29, 0.717) is 11.8 Å². The predicted octanol–water partition coefficient (Wildman–Crippen LogP) is 4.07.